The lowest BCUT2D eigenvalue weighted by atomic mass is 10.1. The number of hydrogen-bond acceptors (Lipinski definition) is 3. The van der Waals surface area contributed by atoms with Crippen molar-refractivity contribution in [3.8, 4) is 0 Å². The first-order chi connectivity index (χ1) is 8.97. The fourth-order valence-electron chi connectivity index (χ4n) is 1.90. The minimum absolute atomic E-state index is 0.119. The van der Waals surface area contributed by atoms with E-state index in [1.165, 1.54) is 0 Å². The predicted octanol–water partition coefficient (Wildman–Crippen LogP) is 2.98. The summed E-state index contributed by atoms with van der Waals surface area (Å²) < 4.78 is 0. The van der Waals surface area contributed by atoms with Crippen LogP contribution in [0.4, 0.5) is 0 Å². The minimum atomic E-state index is 0.119. The van der Waals surface area contributed by atoms with Crippen molar-refractivity contribution in [2.45, 2.75) is 46.3 Å². The van der Waals surface area contributed by atoms with Gasteiger partial charge < -0.3 is 5.32 Å². The molecule has 0 unspecified atom stereocenters. The smallest absolute Gasteiger partial charge is 0.0548 e. The summed E-state index contributed by atoms with van der Waals surface area (Å²) in [5.41, 5.74) is 2.34. The number of hydrogen-bond donors (Lipinski definition) is 1. The van der Waals surface area contributed by atoms with Gasteiger partial charge in [-0.15, -0.1) is 6.58 Å². The van der Waals surface area contributed by atoms with Crippen molar-refractivity contribution < 1.29 is 0 Å². The third-order valence-corrected chi connectivity index (χ3v) is 3.07. The number of pyridine rings is 1. The molecule has 1 heterocycles. The van der Waals surface area contributed by atoms with Crippen molar-refractivity contribution in [2.75, 3.05) is 13.1 Å². The molecule has 1 aromatic heterocycles. The molecule has 1 aromatic rings. The van der Waals surface area contributed by atoms with Crippen molar-refractivity contribution in [3.63, 3.8) is 0 Å². The Morgan fingerprint density at radius 3 is 2.58 bits per heavy atom. The minimum Gasteiger partial charge on any atom is -0.311 e. The highest BCUT2D eigenvalue weighted by Gasteiger charge is 2.20. The summed E-state index contributed by atoms with van der Waals surface area (Å²) in [5, 5.41) is 3.31. The third kappa shape index (κ3) is 5.53. The second-order valence-corrected chi connectivity index (χ2v) is 5.74. The van der Waals surface area contributed by atoms with E-state index in [2.05, 4.69) is 62.7 Å². The molecule has 0 aliphatic heterocycles. The summed E-state index contributed by atoms with van der Waals surface area (Å²) in [7, 11) is 0. The molecule has 3 heteroatoms. The van der Waals surface area contributed by atoms with Crippen LogP contribution in [0.2, 0.25) is 0 Å². The van der Waals surface area contributed by atoms with E-state index in [1.54, 1.807) is 0 Å². The van der Waals surface area contributed by atoms with Gasteiger partial charge in [0.1, 0.15) is 0 Å². The van der Waals surface area contributed by atoms with Gasteiger partial charge in [-0.25, -0.2) is 0 Å². The lowest BCUT2D eigenvalue weighted by molar-refractivity contribution is 0.143. The molecule has 0 fully saturated rings. The summed E-state index contributed by atoms with van der Waals surface area (Å²) in [6.45, 7) is 16.1. The van der Waals surface area contributed by atoms with E-state index in [9.17, 15) is 0 Å². The fraction of sp³-hybridized carbons (Fsp3) is 0.562. The van der Waals surface area contributed by atoms with E-state index in [0.29, 0.717) is 0 Å². The van der Waals surface area contributed by atoms with Gasteiger partial charge in [0.2, 0.25) is 0 Å². The molecule has 0 saturated carbocycles. The van der Waals surface area contributed by atoms with Gasteiger partial charge in [-0.3, -0.25) is 9.88 Å². The Balaban J connectivity index is 2.76. The number of rotatable bonds is 7. The van der Waals surface area contributed by atoms with Crippen LogP contribution in [-0.2, 0) is 13.1 Å². The number of aromatic nitrogens is 1. The predicted molar refractivity (Wildman–Crippen MR) is 82.0 cm³/mol. The van der Waals surface area contributed by atoms with Crippen molar-refractivity contribution in [1.82, 2.24) is 15.2 Å². The first-order valence-corrected chi connectivity index (χ1v) is 6.99. The highest BCUT2D eigenvalue weighted by atomic mass is 15.2. The van der Waals surface area contributed by atoms with E-state index < -0.39 is 0 Å². The van der Waals surface area contributed by atoms with E-state index in [-0.39, 0.29) is 5.54 Å². The maximum Gasteiger partial charge on any atom is 0.0548 e. The van der Waals surface area contributed by atoms with Crippen molar-refractivity contribution in [2.24, 2.45) is 0 Å². The molecule has 0 aliphatic carbocycles. The van der Waals surface area contributed by atoms with Crippen LogP contribution in [0.3, 0.4) is 0 Å². The van der Waals surface area contributed by atoms with E-state index >= 15 is 0 Å². The largest absolute Gasteiger partial charge is 0.311 e. The Bertz CT molecular complexity index is 393. The molecule has 19 heavy (non-hydrogen) atoms. The van der Waals surface area contributed by atoms with Crippen molar-refractivity contribution in [3.05, 3.63) is 42.2 Å². The molecule has 3 nitrogen and oxygen atoms in total. The van der Waals surface area contributed by atoms with E-state index in [4.69, 9.17) is 4.98 Å². The third-order valence-electron chi connectivity index (χ3n) is 3.07. The molecule has 106 valence electrons. The summed E-state index contributed by atoms with van der Waals surface area (Å²) >= 11 is 0. The Labute approximate surface area is 117 Å². The van der Waals surface area contributed by atoms with E-state index in [0.717, 1.165) is 37.6 Å². The Morgan fingerprint density at radius 2 is 2.00 bits per heavy atom. The van der Waals surface area contributed by atoms with Crippen LogP contribution in [0.15, 0.2) is 30.9 Å². The van der Waals surface area contributed by atoms with Crippen LogP contribution in [-0.4, -0.2) is 28.5 Å². The number of nitrogens with zero attached hydrogens (tertiary/aromatic N) is 2. The zero-order valence-electron chi connectivity index (χ0n) is 12.7. The first-order valence-electron chi connectivity index (χ1n) is 6.99. The van der Waals surface area contributed by atoms with Gasteiger partial charge in [-0.1, -0.05) is 19.1 Å². The summed E-state index contributed by atoms with van der Waals surface area (Å²) in [5.74, 6) is 0. The molecule has 0 amide bonds. The molecule has 0 aliphatic rings. The second-order valence-electron chi connectivity index (χ2n) is 5.74. The average Bonchev–Trinajstić information content (AvgIpc) is 2.35. The van der Waals surface area contributed by atoms with Crippen LogP contribution < -0.4 is 5.32 Å². The highest BCUT2D eigenvalue weighted by Crippen LogP contribution is 2.16. The van der Waals surface area contributed by atoms with Crippen LogP contribution >= 0.6 is 0 Å². The van der Waals surface area contributed by atoms with Gasteiger partial charge in [0.15, 0.2) is 0 Å². The molecule has 1 rings (SSSR count). The summed E-state index contributed by atoms with van der Waals surface area (Å²) in [6.07, 6.45) is 1.95. The van der Waals surface area contributed by atoms with Crippen LogP contribution in [0.25, 0.3) is 0 Å². The van der Waals surface area contributed by atoms with Crippen LogP contribution in [0.5, 0.6) is 0 Å². The molecular formula is C16H27N3. The lowest BCUT2D eigenvalue weighted by Crippen LogP contribution is -2.41. The van der Waals surface area contributed by atoms with Gasteiger partial charge in [-0.2, -0.15) is 0 Å². The van der Waals surface area contributed by atoms with Gasteiger partial charge in [0.25, 0.3) is 0 Å². The maximum absolute atomic E-state index is 4.71. The molecule has 0 radical (unpaired) electrons. The molecule has 1 N–H and O–H groups in total. The quantitative estimate of drug-likeness (QED) is 0.765. The molecular weight excluding hydrogens is 234 g/mol. The normalized spacial score (nSPS) is 11.8. The van der Waals surface area contributed by atoms with Gasteiger partial charge >= 0.3 is 0 Å². The Morgan fingerprint density at radius 1 is 1.32 bits per heavy atom. The Kier molecular flexibility index (Phi) is 6.19. The standard InChI is InChI=1S/C16H27N3/c1-6-11-19(16(3,4)5)13-15-10-8-9-14(18-15)12-17-7-2/h6,8-10,17H,1,7,11-13H2,2-5H3. The van der Waals surface area contributed by atoms with Gasteiger partial charge in [-0.05, 0) is 39.4 Å². The molecule has 0 aromatic carbocycles. The zero-order valence-corrected chi connectivity index (χ0v) is 12.7. The maximum atomic E-state index is 4.71. The lowest BCUT2D eigenvalue weighted by Gasteiger charge is -2.34. The van der Waals surface area contributed by atoms with Crippen molar-refractivity contribution in [1.29, 1.82) is 0 Å². The summed E-state index contributed by atoms with van der Waals surface area (Å²) in [4.78, 5) is 7.08. The molecule has 0 bridgehead atoms. The first kappa shape index (κ1) is 15.9. The molecule has 0 saturated heterocycles. The second kappa shape index (κ2) is 7.41. The van der Waals surface area contributed by atoms with Crippen LogP contribution in [0.1, 0.15) is 39.1 Å². The van der Waals surface area contributed by atoms with Gasteiger partial charge in [0.05, 0.1) is 11.4 Å². The average molecular weight is 261 g/mol. The zero-order chi connectivity index (χ0) is 14.3. The fourth-order valence-corrected chi connectivity index (χ4v) is 1.90. The molecule has 0 spiro atoms. The highest BCUT2D eigenvalue weighted by molar-refractivity contribution is 5.11. The van der Waals surface area contributed by atoms with Gasteiger partial charge in [0, 0.05) is 25.2 Å². The van der Waals surface area contributed by atoms with Crippen molar-refractivity contribution >= 4 is 0 Å². The number of nitrogens with one attached hydrogen (secondary N) is 1. The Hall–Kier alpha value is -1.19. The SMILES string of the molecule is C=CCN(Cc1cccc(CNCC)n1)C(C)(C)C. The molecule has 0 atom stereocenters. The summed E-state index contributed by atoms with van der Waals surface area (Å²) in [6, 6.07) is 6.25. The van der Waals surface area contributed by atoms with Crippen LogP contribution in [0, 0.1) is 0 Å². The monoisotopic (exact) mass is 261 g/mol. The topological polar surface area (TPSA) is 28.2 Å². The van der Waals surface area contributed by atoms with E-state index in [1.807, 2.05) is 6.08 Å².